The van der Waals surface area contributed by atoms with E-state index in [2.05, 4.69) is 20.0 Å². The number of fused-ring (bicyclic) bond motifs is 1. The van der Waals surface area contributed by atoms with E-state index in [0.29, 0.717) is 41.7 Å². The quantitative estimate of drug-likeness (QED) is 0.476. The van der Waals surface area contributed by atoms with Crippen molar-refractivity contribution in [2.75, 3.05) is 30.8 Å². The van der Waals surface area contributed by atoms with Gasteiger partial charge in [-0.05, 0) is 37.6 Å². The second-order valence-electron chi connectivity index (χ2n) is 8.39. The first-order valence-corrected chi connectivity index (χ1v) is 10.9. The zero-order valence-corrected chi connectivity index (χ0v) is 18.3. The first-order chi connectivity index (χ1) is 16.0. The predicted octanol–water partition coefficient (Wildman–Crippen LogP) is 3.74. The SMILES string of the molecule is CN(CC1CCCCN1Cc1ccc(F)cc1F)c1cc2nc(-c3ccco3)nn2c(N)n1. The maximum atomic E-state index is 14.2. The number of hydrogen-bond acceptors (Lipinski definition) is 7. The predicted molar refractivity (Wildman–Crippen MR) is 121 cm³/mol. The molecule has 10 heteroatoms. The van der Waals surface area contributed by atoms with Crippen molar-refractivity contribution in [2.24, 2.45) is 0 Å². The summed E-state index contributed by atoms with van der Waals surface area (Å²) < 4.78 is 34.4. The molecule has 4 heterocycles. The van der Waals surface area contributed by atoms with E-state index in [4.69, 9.17) is 10.2 Å². The molecule has 0 radical (unpaired) electrons. The smallest absolute Gasteiger partial charge is 0.225 e. The Kier molecular flexibility index (Phi) is 5.67. The monoisotopic (exact) mass is 453 g/mol. The highest BCUT2D eigenvalue weighted by atomic mass is 19.1. The molecule has 0 bridgehead atoms. The number of benzene rings is 1. The highest BCUT2D eigenvalue weighted by Gasteiger charge is 2.25. The van der Waals surface area contributed by atoms with Crippen molar-refractivity contribution >= 4 is 17.4 Å². The van der Waals surface area contributed by atoms with Crippen LogP contribution in [0.1, 0.15) is 24.8 Å². The highest BCUT2D eigenvalue weighted by Crippen LogP contribution is 2.25. The van der Waals surface area contributed by atoms with Crippen molar-refractivity contribution in [3.63, 3.8) is 0 Å². The van der Waals surface area contributed by atoms with E-state index < -0.39 is 11.6 Å². The Morgan fingerprint density at radius 2 is 2.06 bits per heavy atom. The van der Waals surface area contributed by atoms with E-state index in [1.54, 1.807) is 18.4 Å². The summed E-state index contributed by atoms with van der Waals surface area (Å²) in [6.07, 6.45) is 4.70. The summed E-state index contributed by atoms with van der Waals surface area (Å²) in [7, 11) is 1.95. The van der Waals surface area contributed by atoms with Crippen LogP contribution in [-0.4, -0.2) is 50.7 Å². The van der Waals surface area contributed by atoms with Crippen molar-refractivity contribution in [2.45, 2.75) is 31.8 Å². The van der Waals surface area contributed by atoms with Crippen molar-refractivity contribution in [3.05, 3.63) is 59.9 Å². The molecule has 2 N–H and O–H groups in total. The minimum absolute atomic E-state index is 0.198. The lowest BCUT2D eigenvalue weighted by atomic mass is 10.0. The minimum atomic E-state index is -0.561. The topological polar surface area (TPSA) is 88.7 Å². The van der Waals surface area contributed by atoms with Crippen molar-refractivity contribution in [1.82, 2.24) is 24.5 Å². The number of likely N-dealkylation sites (N-methyl/N-ethyl adjacent to an activating group) is 1. The second-order valence-corrected chi connectivity index (χ2v) is 8.39. The Balaban J connectivity index is 1.35. The van der Waals surface area contributed by atoms with Gasteiger partial charge in [0.25, 0.3) is 0 Å². The van der Waals surface area contributed by atoms with E-state index in [1.807, 2.05) is 18.0 Å². The number of halogens is 2. The molecule has 0 saturated carbocycles. The standard InChI is InChI=1S/C23H25F2N7O/c1-30(14-17-5-2-3-9-31(17)13-15-7-8-16(24)11-18(15)25)20-12-21-27-22(19-6-4-10-33-19)29-32(21)23(26)28-20/h4,6-8,10-12,17H,2-3,5,9,13-14H2,1H3,(H2,26,28). The maximum absolute atomic E-state index is 14.2. The largest absolute Gasteiger partial charge is 0.461 e. The number of piperidine rings is 1. The summed E-state index contributed by atoms with van der Waals surface area (Å²) in [6.45, 7) is 1.99. The molecule has 1 unspecified atom stereocenters. The van der Waals surface area contributed by atoms with Crippen molar-refractivity contribution < 1.29 is 13.2 Å². The Hall–Kier alpha value is -3.53. The Labute approximate surface area is 189 Å². The number of hydrogen-bond donors (Lipinski definition) is 1. The maximum Gasteiger partial charge on any atom is 0.225 e. The van der Waals surface area contributed by atoms with Crippen LogP contribution in [-0.2, 0) is 6.54 Å². The van der Waals surface area contributed by atoms with Crippen molar-refractivity contribution in [1.29, 1.82) is 0 Å². The van der Waals surface area contributed by atoms with E-state index in [-0.39, 0.29) is 12.0 Å². The molecule has 1 aliphatic heterocycles. The van der Waals surface area contributed by atoms with Gasteiger partial charge in [0, 0.05) is 43.9 Å². The molecule has 33 heavy (non-hydrogen) atoms. The molecule has 8 nitrogen and oxygen atoms in total. The summed E-state index contributed by atoms with van der Waals surface area (Å²) in [6, 6.07) is 9.37. The lowest BCUT2D eigenvalue weighted by Crippen LogP contribution is -2.45. The van der Waals surface area contributed by atoms with Gasteiger partial charge in [-0.1, -0.05) is 12.5 Å². The molecule has 1 fully saturated rings. The fourth-order valence-electron chi connectivity index (χ4n) is 4.36. The summed E-state index contributed by atoms with van der Waals surface area (Å²) in [4.78, 5) is 13.3. The Morgan fingerprint density at radius 1 is 1.18 bits per heavy atom. The highest BCUT2D eigenvalue weighted by molar-refractivity contribution is 5.59. The summed E-state index contributed by atoms with van der Waals surface area (Å²) >= 11 is 0. The number of nitrogens with two attached hydrogens (primary N) is 1. The van der Waals surface area contributed by atoms with Gasteiger partial charge in [-0.3, -0.25) is 4.90 Å². The summed E-state index contributed by atoms with van der Waals surface area (Å²) in [5.41, 5.74) is 7.24. The number of nitrogens with zero attached hydrogens (tertiary/aromatic N) is 6. The van der Waals surface area contributed by atoms with E-state index in [9.17, 15) is 8.78 Å². The number of likely N-dealkylation sites (tertiary alicyclic amines) is 1. The number of nitrogen functional groups attached to an aromatic ring is 1. The van der Waals surface area contributed by atoms with Gasteiger partial charge < -0.3 is 15.1 Å². The van der Waals surface area contributed by atoms with Crippen LogP contribution >= 0.6 is 0 Å². The molecule has 5 rings (SSSR count). The molecule has 1 aliphatic rings. The van der Waals surface area contributed by atoms with Crippen molar-refractivity contribution in [3.8, 4) is 11.6 Å². The summed E-state index contributed by atoms with van der Waals surface area (Å²) in [5, 5.41) is 4.38. The van der Waals surface area contributed by atoms with Crippen LogP contribution in [0, 0.1) is 11.6 Å². The van der Waals surface area contributed by atoms with Gasteiger partial charge in [-0.2, -0.15) is 9.50 Å². The minimum Gasteiger partial charge on any atom is -0.461 e. The third kappa shape index (κ3) is 4.38. The van der Waals surface area contributed by atoms with Crippen LogP contribution in [0.3, 0.4) is 0 Å². The Morgan fingerprint density at radius 3 is 2.85 bits per heavy atom. The lowest BCUT2D eigenvalue weighted by molar-refractivity contribution is 0.142. The van der Waals surface area contributed by atoms with Crippen LogP contribution in [0.5, 0.6) is 0 Å². The molecule has 0 amide bonds. The average Bonchev–Trinajstić information content (AvgIpc) is 3.47. The zero-order chi connectivity index (χ0) is 22.9. The molecule has 1 saturated heterocycles. The van der Waals surface area contributed by atoms with Gasteiger partial charge in [0.15, 0.2) is 11.4 Å². The molecule has 1 atom stereocenters. The van der Waals surface area contributed by atoms with Gasteiger partial charge in [0.1, 0.15) is 17.5 Å². The third-order valence-corrected chi connectivity index (χ3v) is 6.09. The first-order valence-electron chi connectivity index (χ1n) is 10.9. The van der Waals surface area contributed by atoms with Crippen LogP contribution in [0.4, 0.5) is 20.5 Å². The average molecular weight is 453 g/mol. The van der Waals surface area contributed by atoms with Gasteiger partial charge in [-0.15, -0.1) is 5.10 Å². The number of furan rings is 1. The fourth-order valence-corrected chi connectivity index (χ4v) is 4.36. The second kappa shape index (κ2) is 8.78. The van der Waals surface area contributed by atoms with E-state index in [0.717, 1.165) is 31.9 Å². The number of anilines is 2. The van der Waals surface area contributed by atoms with Crippen LogP contribution < -0.4 is 10.6 Å². The van der Waals surface area contributed by atoms with Crippen LogP contribution in [0.15, 0.2) is 47.1 Å². The van der Waals surface area contributed by atoms with E-state index in [1.165, 1.54) is 16.6 Å². The van der Waals surface area contributed by atoms with Crippen LogP contribution in [0.25, 0.3) is 17.2 Å². The summed E-state index contributed by atoms with van der Waals surface area (Å²) in [5.74, 6) is 0.832. The molecular formula is C23H25F2N7O. The Bertz CT molecular complexity index is 1260. The molecule has 0 spiro atoms. The van der Waals surface area contributed by atoms with Gasteiger partial charge >= 0.3 is 0 Å². The first kappa shape index (κ1) is 21.3. The number of aromatic nitrogens is 4. The van der Waals surface area contributed by atoms with Crippen LogP contribution in [0.2, 0.25) is 0 Å². The fraction of sp³-hybridized carbons (Fsp3) is 0.348. The molecule has 3 aromatic heterocycles. The lowest BCUT2D eigenvalue weighted by Gasteiger charge is -2.38. The molecule has 172 valence electrons. The molecule has 4 aromatic rings. The third-order valence-electron chi connectivity index (χ3n) is 6.09. The van der Waals surface area contributed by atoms with Gasteiger partial charge in [0.2, 0.25) is 11.8 Å². The van der Waals surface area contributed by atoms with E-state index >= 15 is 0 Å². The molecule has 1 aromatic carbocycles. The van der Waals surface area contributed by atoms with Gasteiger partial charge in [0.05, 0.1) is 6.26 Å². The molecule has 0 aliphatic carbocycles. The number of rotatable bonds is 6. The van der Waals surface area contributed by atoms with Gasteiger partial charge in [-0.25, -0.2) is 13.8 Å². The zero-order valence-electron chi connectivity index (χ0n) is 18.3. The normalized spacial score (nSPS) is 17.0. The molecular weight excluding hydrogens is 428 g/mol.